The Hall–Kier alpha value is -1.09. The predicted octanol–water partition coefficient (Wildman–Crippen LogP) is 3.36. The Kier molecular flexibility index (Phi) is 9.46. The number of aliphatic carboxylic acids is 1. The molecule has 1 unspecified atom stereocenters. The van der Waals surface area contributed by atoms with Gasteiger partial charge in [-0.05, 0) is 69.2 Å². The van der Waals surface area contributed by atoms with Gasteiger partial charge in [-0.15, -0.1) is 0 Å². The molecule has 5 N–H and O–H groups in total. The van der Waals surface area contributed by atoms with Crippen LogP contribution < -0.4 is 5.73 Å². The van der Waals surface area contributed by atoms with E-state index in [9.17, 15) is 9.90 Å². The first-order valence-electron chi connectivity index (χ1n) is 9.95. The van der Waals surface area contributed by atoms with Crippen molar-refractivity contribution in [2.75, 3.05) is 19.6 Å². The maximum atomic E-state index is 12.0. The van der Waals surface area contributed by atoms with Crippen LogP contribution in [0.5, 0.6) is 0 Å². The van der Waals surface area contributed by atoms with Gasteiger partial charge in [-0.25, -0.2) is 4.79 Å². The first-order chi connectivity index (χ1) is 13.8. The Morgan fingerprint density at radius 3 is 2.34 bits per heavy atom. The summed E-state index contributed by atoms with van der Waals surface area (Å²) in [5.74, 6) is -1.01. The van der Waals surface area contributed by atoms with E-state index < -0.39 is 13.1 Å². The Balaban J connectivity index is 2.10. The topological polar surface area (TPSA) is 107 Å². The van der Waals surface area contributed by atoms with E-state index in [0.29, 0.717) is 46.9 Å². The molecular formula is C20H29BCl2N2O4. The predicted molar refractivity (Wildman–Crippen MR) is 117 cm³/mol. The van der Waals surface area contributed by atoms with Crippen molar-refractivity contribution in [2.45, 2.75) is 45.0 Å². The molecule has 1 aliphatic heterocycles. The quantitative estimate of drug-likeness (QED) is 0.345. The lowest BCUT2D eigenvalue weighted by atomic mass is 9.80. The molecule has 1 aromatic rings. The van der Waals surface area contributed by atoms with Gasteiger partial charge in [0.2, 0.25) is 0 Å². The molecule has 2 rings (SSSR count). The number of carboxylic acids is 1. The third-order valence-electron chi connectivity index (χ3n) is 5.70. The van der Waals surface area contributed by atoms with Crippen LogP contribution in [0, 0.1) is 5.92 Å². The first-order valence-corrected chi connectivity index (χ1v) is 10.7. The van der Waals surface area contributed by atoms with Crippen molar-refractivity contribution in [1.82, 2.24) is 4.90 Å². The Bertz CT molecular complexity index is 717. The average molecular weight is 443 g/mol. The van der Waals surface area contributed by atoms with Crippen LogP contribution in [0.1, 0.15) is 44.2 Å². The van der Waals surface area contributed by atoms with Gasteiger partial charge < -0.3 is 20.9 Å². The van der Waals surface area contributed by atoms with Crippen LogP contribution in [0.25, 0.3) is 0 Å². The van der Waals surface area contributed by atoms with E-state index in [2.05, 4.69) is 11.8 Å². The average Bonchev–Trinajstić information content (AvgIpc) is 2.66. The Morgan fingerprint density at radius 2 is 1.86 bits per heavy atom. The lowest BCUT2D eigenvalue weighted by Gasteiger charge is -2.37. The van der Waals surface area contributed by atoms with Crippen molar-refractivity contribution in [3.63, 3.8) is 0 Å². The molecule has 1 saturated heterocycles. The first kappa shape index (κ1) is 24.2. The zero-order valence-corrected chi connectivity index (χ0v) is 18.2. The maximum absolute atomic E-state index is 12.0. The summed E-state index contributed by atoms with van der Waals surface area (Å²) >= 11 is 12.7. The maximum Gasteiger partial charge on any atom is 0.451 e. The largest absolute Gasteiger partial charge is 0.478 e. The third-order valence-corrected chi connectivity index (χ3v) is 6.36. The van der Waals surface area contributed by atoms with Crippen molar-refractivity contribution in [3.05, 3.63) is 45.0 Å². The minimum absolute atomic E-state index is 0.0365. The fourth-order valence-corrected chi connectivity index (χ4v) is 4.84. The molecule has 1 aromatic carbocycles. The van der Waals surface area contributed by atoms with Crippen LogP contribution >= 0.6 is 23.2 Å². The molecule has 0 spiro atoms. The van der Waals surface area contributed by atoms with E-state index in [1.54, 1.807) is 0 Å². The highest BCUT2D eigenvalue weighted by atomic mass is 35.5. The number of benzene rings is 1. The minimum Gasteiger partial charge on any atom is -0.478 e. The normalized spacial score (nSPS) is 17.7. The second-order valence-corrected chi connectivity index (χ2v) is 8.34. The van der Waals surface area contributed by atoms with Crippen molar-refractivity contribution >= 4 is 36.3 Å². The number of carboxylic acid groups (broad SMARTS) is 1. The molecule has 29 heavy (non-hydrogen) atoms. The fraction of sp³-hybridized carbons (Fsp3) is 0.550. The van der Waals surface area contributed by atoms with Gasteiger partial charge in [0.15, 0.2) is 0 Å². The molecule has 0 aliphatic carbocycles. The lowest BCUT2D eigenvalue weighted by molar-refractivity contribution is -0.133. The Morgan fingerprint density at radius 1 is 1.28 bits per heavy atom. The van der Waals surface area contributed by atoms with Crippen LogP contribution in [-0.4, -0.2) is 52.8 Å². The molecule has 0 aromatic heterocycles. The number of piperidine rings is 1. The summed E-state index contributed by atoms with van der Waals surface area (Å²) in [5.41, 5.74) is 7.82. The number of carbonyl (C=O) groups is 1. The highest BCUT2D eigenvalue weighted by Crippen LogP contribution is 2.37. The number of nitrogens with two attached hydrogens (primary N) is 1. The van der Waals surface area contributed by atoms with Gasteiger partial charge >= 0.3 is 13.1 Å². The van der Waals surface area contributed by atoms with E-state index in [0.717, 1.165) is 18.7 Å². The molecule has 1 heterocycles. The molecule has 1 fully saturated rings. The zero-order chi connectivity index (χ0) is 21.6. The van der Waals surface area contributed by atoms with E-state index in [1.807, 2.05) is 18.2 Å². The number of hydrogen-bond acceptors (Lipinski definition) is 5. The monoisotopic (exact) mass is 442 g/mol. The molecule has 0 amide bonds. The highest BCUT2D eigenvalue weighted by Gasteiger charge is 2.31. The van der Waals surface area contributed by atoms with Crippen molar-refractivity contribution in [2.24, 2.45) is 11.7 Å². The van der Waals surface area contributed by atoms with Crippen LogP contribution in [0.4, 0.5) is 0 Å². The number of likely N-dealkylation sites (tertiary alicyclic amines) is 1. The SMILES string of the molecule is CC(c1c(Cl)cccc1Cl)N1CCC(/C(C(=O)O)=C(/CN)CCCB(O)O)CC1. The molecule has 0 bridgehead atoms. The van der Waals surface area contributed by atoms with Crippen LogP contribution in [0.3, 0.4) is 0 Å². The van der Waals surface area contributed by atoms with Gasteiger partial charge in [-0.1, -0.05) is 35.7 Å². The van der Waals surface area contributed by atoms with Crippen molar-refractivity contribution in [1.29, 1.82) is 0 Å². The molecule has 9 heteroatoms. The summed E-state index contributed by atoms with van der Waals surface area (Å²) in [5, 5.41) is 29.1. The minimum atomic E-state index is -1.39. The molecule has 1 aliphatic rings. The summed E-state index contributed by atoms with van der Waals surface area (Å²) in [4.78, 5) is 14.2. The van der Waals surface area contributed by atoms with Crippen LogP contribution in [0.15, 0.2) is 29.3 Å². The standard InChI is InChI=1S/C20H29BCl2N2O4/c1-13(18-16(22)5-2-6-17(18)23)25-10-7-14(8-11-25)19(20(26)27)15(12-24)4-3-9-21(28)29/h2,5-6,13-14,28-29H,3-4,7-12,24H2,1H3,(H,26,27)/b19-15-. The van der Waals surface area contributed by atoms with Gasteiger partial charge in [0.05, 0.1) is 0 Å². The fourth-order valence-electron chi connectivity index (χ4n) is 4.13. The molecule has 0 radical (unpaired) electrons. The number of rotatable bonds is 9. The van der Waals surface area contributed by atoms with E-state index in [-0.39, 0.29) is 24.8 Å². The Labute approximate surface area is 182 Å². The van der Waals surface area contributed by atoms with Crippen molar-refractivity contribution in [3.8, 4) is 0 Å². The summed E-state index contributed by atoms with van der Waals surface area (Å²) in [6.07, 6.45) is 2.56. The second-order valence-electron chi connectivity index (χ2n) is 7.52. The van der Waals surface area contributed by atoms with Gasteiger partial charge in [0.1, 0.15) is 0 Å². The third kappa shape index (κ3) is 6.44. The van der Waals surface area contributed by atoms with E-state index in [4.69, 9.17) is 39.0 Å². The van der Waals surface area contributed by atoms with Gasteiger partial charge in [0, 0.05) is 33.8 Å². The smallest absolute Gasteiger partial charge is 0.451 e. The van der Waals surface area contributed by atoms with Crippen molar-refractivity contribution < 1.29 is 19.9 Å². The molecule has 1 atom stereocenters. The van der Waals surface area contributed by atoms with Gasteiger partial charge in [-0.2, -0.15) is 0 Å². The molecular weight excluding hydrogens is 414 g/mol. The van der Waals surface area contributed by atoms with E-state index in [1.165, 1.54) is 0 Å². The van der Waals surface area contributed by atoms with Crippen LogP contribution in [-0.2, 0) is 4.79 Å². The van der Waals surface area contributed by atoms with Gasteiger partial charge in [0.25, 0.3) is 0 Å². The van der Waals surface area contributed by atoms with E-state index >= 15 is 0 Å². The number of nitrogens with zero attached hydrogens (tertiary/aromatic N) is 1. The molecule has 160 valence electrons. The number of halogens is 2. The summed E-state index contributed by atoms with van der Waals surface area (Å²) in [6, 6.07) is 5.51. The highest BCUT2D eigenvalue weighted by molar-refractivity contribution is 6.40. The lowest BCUT2D eigenvalue weighted by Crippen LogP contribution is -2.37. The summed E-state index contributed by atoms with van der Waals surface area (Å²) in [7, 11) is -1.39. The molecule has 0 saturated carbocycles. The second kappa shape index (κ2) is 11.3. The van der Waals surface area contributed by atoms with Crippen LogP contribution in [0.2, 0.25) is 16.4 Å². The number of hydrogen-bond donors (Lipinski definition) is 4. The van der Waals surface area contributed by atoms with Gasteiger partial charge in [-0.3, -0.25) is 4.90 Å². The molecule has 6 nitrogen and oxygen atoms in total. The zero-order valence-electron chi connectivity index (χ0n) is 16.7. The summed E-state index contributed by atoms with van der Waals surface area (Å²) < 4.78 is 0. The summed E-state index contributed by atoms with van der Waals surface area (Å²) in [6.45, 7) is 3.69.